The molecule has 71 valence electrons. The van der Waals surface area contributed by atoms with E-state index in [1.54, 1.807) is 18.2 Å². The summed E-state index contributed by atoms with van der Waals surface area (Å²) in [4.78, 5) is 0.351. The zero-order valence-electron chi connectivity index (χ0n) is 7.69. The van der Waals surface area contributed by atoms with Crippen molar-refractivity contribution in [2.75, 3.05) is 6.26 Å². The van der Waals surface area contributed by atoms with Crippen LogP contribution in [-0.4, -0.2) is 14.7 Å². The Morgan fingerprint density at radius 2 is 2.00 bits per heavy atom. The minimum absolute atomic E-state index is 0.351. The molecule has 0 fully saturated rings. The van der Waals surface area contributed by atoms with Crippen molar-refractivity contribution >= 4 is 20.6 Å². The molecule has 2 aromatic carbocycles. The maximum atomic E-state index is 11.3. The molecule has 0 saturated carbocycles. The van der Waals surface area contributed by atoms with E-state index in [9.17, 15) is 8.42 Å². The van der Waals surface area contributed by atoms with Crippen LogP contribution < -0.4 is 0 Å². The van der Waals surface area contributed by atoms with Gasteiger partial charge in [-0.15, -0.1) is 0 Å². The third-order valence-electron chi connectivity index (χ3n) is 2.06. The van der Waals surface area contributed by atoms with Crippen LogP contribution in [0.5, 0.6) is 0 Å². The molecule has 1 radical (unpaired) electrons. The first kappa shape index (κ1) is 9.21. The van der Waals surface area contributed by atoms with Crippen LogP contribution >= 0.6 is 0 Å². The molecule has 0 saturated heterocycles. The van der Waals surface area contributed by atoms with E-state index in [4.69, 9.17) is 0 Å². The number of rotatable bonds is 1. The molecule has 0 aliphatic carbocycles. The molecule has 0 aliphatic heterocycles. The third-order valence-corrected chi connectivity index (χ3v) is 3.17. The summed E-state index contributed by atoms with van der Waals surface area (Å²) in [6.45, 7) is 0. The highest BCUT2D eigenvalue weighted by Crippen LogP contribution is 2.18. The highest BCUT2D eigenvalue weighted by atomic mass is 32.2. The lowest BCUT2D eigenvalue weighted by Gasteiger charge is -2.00. The summed E-state index contributed by atoms with van der Waals surface area (Å²) < 4.78 is 22.5. The molecule has 0 aromatic heterocycles. The van der Waals surface area contributed by atoms with E-state index in [2.05, 4.69) is 6.07 Å². The standard InChI is InChI=1S/C11H9O2S/c1-14(12,13)11-7-6-9-4-2-3-5-10(9)8-11/h2-3,5-8H,1H3. The molecular weight excluding hydrogens is 196 g/mol. The van der Waals surface area contributed by atoms with Crippen molar-refractivity contribution in [3.8, 4) is 0 Å². The molecule has 2 nitrogen and oxygen atoms in total. The van der Waals surface area contributed by atoms with E-state index >= 15 is 0 Å². The minimum atomic E-state index is -3.11. The van der Waals surface area contributed by atoms with Crippen molar-refractivity contribution in [1.29, 1.82) is 0 Å². The Morgan fingerprint density at radius 1 is 1.21 bits per heavy atom. The van der Waals surface area contributed by atoms with Crippen LogP contribution in [0.4, 0.5) is 0 Å². The van der Waals surface area contributed by atoms with Crippen molar-refractivity contribution in [2.45, 2.75) is 4.90 Å². The highest BCUT2D eigenvalue weighted by molar-refractivity contribution is 7.90. The van der Waals surface area contributed by atoms with Gasteiger partial charge in [0, 0.05) is 6.26 Å². The molecular formula is C11H9O2S. The molecule has 0 spiro atoms. The summed E-state index contributed by atoms with van der Waals surface area (Å²) in [6, 6.07) is 13.6. The average Bonchev–Trinajstić information content (AvgIpc) is 2.16. The van der Waals surface area contributed by atoms with Gasteiger partial charge in [-0.05, 0) is 29.0 Å². The Kier molecular flexibility index (Phi) is 2.04. The predicted octanol–water partition coefficient (Wildman–Crippen LogP) is 2.04. The predicted molar refractivity (Wildman–Crippen MR) is 55.9 cm³/mol. The number of fused-ring (bicyclic) bond motifs is 1. The number of hydrogen-bond acceptors (Lipinski definition) is 2. The van der Waals surface area contributed by atoms with Gasteiger partial charge in [-0.25, -0.2) is 8.42 Å². The first-order chi connectivity index (χ1) is 6.57. The van der Waals surface area contributed by atoms with Gasteiger partial charge in [-0.3, -0.25) is 0 Å². The first-order valence-electron chi connectivity index (χ1n) is 4.18. The fraction of sp³-hybridized carbons (Fsp3) is 0.0909. The largest absolute Gasteiger partial charge is 0.224 e. The second-order valence-corrected chi connectivity index (χ2v) is 5.21. The maximum Gasteiger partial charge on any atom is 0.175 e. The van der Waals surface area contributed by atoms with Crippen molar-refractivity contribution < 1.29 is 8.42 Å². The Hall–Kier alpha value is -1.35. The molecule has 0 bridgehead atoms. The molecule has 0 N–H and O–H groups in total. The molecule has 3 heteroatoms. The van der Waals surface area contributed by atoms with Crippen LogP contribution in [0.3, 0.4) is 0 Å². The van der Waals surface area contributed by atoms with E-state index in [1.807, 2.05) is 18.2 Å². The Labute approximate surface area is 83.1 Å². The quantitative estimate of drug-likeness (QED) is 0.714. The smallest absolute Gasteiger partial charge is 0.175 e. The highest BCUT2D eigenvalue weighted by Gasteiger charge is 2.06. The van der Waals surface area contributed by atoms with Gasteiger partial charge < -0.3 is 0 Å². The average molecular weight is 205 g/mol. The summed E-state index contributed by atoms with van der Waals surface area (Å²) >= 11 is 0. The van der Waals surface area contributed by atoms with E-state index < -0.39 is 9.84 Å². The fourth-order valence-electron chi connectivity index (χ4n) is 1.33. The molecule has 0 heterocycles. The molecule has 0 atom stereocenters. The first-order valence-corrected chi connectivity index (χ1v) is 6.07. The van der Waals surface area contributed by atoms with Crippen LogP contribution in [0.15, 0.2) is 41.3 Å². The normalized spacial score (nSPS) is 11.8. The van der Waals surface area contributed by atoms with Gasteiger partial charge in [0.1, 0.15) is 0 Å². The van der Waals surface area contributed by atoms with Crippen molar-refractivity contribution in [2.24, 2.45) is 0 Å². The number of sulfone groups is 1. The van der Waals surface area contributed by atoms with Crippen LogP contribution in [-0.2, 0) is 9.84 Å². The van der Waals surface area contributed by atoms with Gasteiger partial charge >= 0.3 is 0 Å². The summed E-state index contributed by atoms with van der Waals surface area (Å²) in [7, 11) is -3.11. The number of hydrogen-bond donors (Lipinski definition) is 0. The molecule has 0 unspecified atom stereocenters. The van der Waals surface area contributed by atoms with Gasteiger partial charge in [-0.2, -0.15) is 0 Å². The lowest BCUT2D eigenvalue weighted by atomic mass is 10.1. The van der Waals surface area contributed by atoms with Gasteiger partial charge in [0.05, 0.1) is 4.90 Å². The van der Waals surface area contributed by atoms with Crippen LogP contribution in [0.25, 0.3) is 10.8 Å². The van der Waals surface area contributed by atoms with Crippen molar-refractivity contribution in [3.05, 3.63) is 42.5 Å². The fourth-order valence-corrected chi connectivity index (χ4v) is 1.99. The monoisotopic (exact) mass is 205 g/mol. The van der Waals surface area contributed by atoms with E-state index in [0.29, 0.717) is 4.90 Å². The summed E-state index contributed by atoms with van der Waals surface area (Å²) in [6.07, 6.45) is 1.21. The summed E-state index contributed by atoms with van der Waals surface area (Å²) in [5.41, 5.74) is 0. The second kappa shape index (κ2) is 3.10. The molecule has 2 rings (SSSR count). The number of benzene rings is 2. The van der Waals surface area contributed by atoms with Gasteiger partial charge in [0.2, 0.25) is 0 Å². The maximum absolute atomic E-state index is 11.3. The Bertz CT molecular complexity index is 571. The Morgan fingerprint density at radius 3 is 2.71 bits per heavy atom. The molecule has 14 heavy (non-hydrogen) atoms. The van der Waals surface area contributed by atoms with Crippen LogP contribution in [0, 0.1) is 6.07 Å². The van der Waals surface area contributed by atoms with Crippen LogP contribution in [0.2, 0.25) is 0 Å². The van der Waals surface area contributed by atoms with Crippen molar-refractivity contribution in [3.63, 3.8) is 0 Å². The van der Waals surface area contributed by atoms with Gasteiger partial charge in [0.25, 0.3) is 0 Å². The Balaban J connectivity index is 2.75. The van der Waals surface area contributed by atoms with Gasteiger partial charge in [0.15, 0.2) is 9.84 Å². The molecule has 0 amide bonds. The van der Waals surface area contributed by atoms with E-state index in [1.165, 1.54) is 6.26 Å². The van der Waals surface area contributed by atoms with E-state index in [0.717, 1.165) is 10.8 Å². The second-order valence-electron chi connectivity index (χ2n) is 3.19. The minimum Gasteiger partial charge on any atom is -0.224 e. The third kappa shape index (κ3) is 1.63. The zero-order chi connectivity index (χ0) is 10.2. The van der Waals surface area contributed by atoms with E-state index in [-0.39, 0.29) is 0 Å². The SMILES string of the molecule is CS(=O)(=O)c1ccc2[c]cccc2c1. The topological polar surface area (TPSA) is 34.1 Å². The van der Waals surface area contributed by atoms with Crippen LogP contribution in [0.1, 0.15) is 0 Å². The molecule has 2 aromatic rings. The summed E-state index contributed by atoms with van der Waals surface area (Å²) in [5.74, 6) is 0. The van der Waals surface area contributed by atoms with Crippen molar-refractivity contribution in [1.82, 2.24) is 0 Å². The lowest BCUT2D eigenvalue weighted by molar-refractivity contribution is 0.602. The zero-order valence-corrected chi connectivity index (χ0v) is 8.51. The molecule has 0 aliphatic rings. The van der Waals surface area contributed by atoms with Gasteiger partial charge in [-0.1, -0.05) is 24.3 Å². The summed E-state index contributed by atoms with van der Waals surface area (Å²) in [5, 5.41) is 1.83. The lowest BCUT2D eigenvalue weighted by Crippen LogP contribution is -1.96.